The minimum Gasteiger partial charge on any atom is -0.388 e. The average molecular weight is 192 g/mol. The summed E-state index contributed by atoms with van der Waals surface area (Å²) in [5, 5.41) is 10.3. The van der Waals surface area contributed by atoms with Crippen molar-refractivity contribution in [2.45, 2.75) is 24.9 Å². The van der Waals surface area contributed by atoms with Crippen LogP contribution in [0.2, 0.25) is 0 Å². The van der Waals surface area contributed by atoms with Crippen LogP contribution in [0.1, 0.15) is 18.4 Å². The van der Waals surface area contributed by atoms with Crippen LogP contribution in [0, 0.1) is 5.92 Å². The largest absolute Gasteiger partial charge is 0.388 e. The molecule has 1 saturated carbocycles. The Labute approximate surface area is 84.0 Å². The Morgan fingerprint density at radius 1 is 1.43 bits per heavy atom. The molecule has 0 spiro atoms. The van der Waals surface area contributed by atoms with Gasteiger partial charge in [-0.25, -0.2) is 0 Å². The summed E-state index contributed by atoms with van der Waals surface area (Å²) in [6.07, 6.45) is 6.37. The molecule has 3 heteroatoms. The van der Waals surface area contributed by atoms with E-state index in [0.29, 0.717) is 18.9 Å². The van der Waals surface area contributed by atoms with Gasteiger partial charge in [0.2, 0.25) is 0 Å². The molecule has 1 unspecified atom stereocenters. The summed E-state index contributed by atoms with van der Waals surface area (Å²) in [6, 6.07) is 3.87. The van der Waals surface area contributed by atoms with Gasteiger partial charge in [-0.15, -0.1) is 0 Å². The number of pyridine rings is 1. The Balaban J connectivity index is 2.08. The van der Waals surface area contributed by atoms with Crippen LogP contribution in [0.15, 0.2) is 24.5 Å². The zero-order valence-electron chi connectivity index (χ0n) is 8.19. The van der Waals surface area contributed by atoms with Crippen LogP contribution in [0.3, 0.4) is 0 Å². The monoisotopic (exact) mass is 192 g/mol. The van der Waals surface area contributed by atoms with Crippen LogP contribution in [0.25, 0.3) is 0 Å². The minimum absolute atomic E-state index is 0.347. The van der Waals surface area contributed by atoms with Gasteiger partial charge in [0.15, 0.2) is 0 Å². The molecule has 0 amide bonds. The minimum atomic E-state index is -0.693. The summed E-state index contributed by atoms with van der Waals surface area (Å²) in [4.78, 5) is 3.95. The number of nitrogens with zero attached hydrogens (tertiary/aromatic N) is 1. The molecular weight excluding hydrogens is 176 g/mol. The average Bonchev–Trinajstić information content (AvgIpc) is 3.03. The lowest BCUT2D eigenvalue weighted by molar-refractivity contribution is 0.0267. The quantitative estimate of drug-likeness (QED) is 0.739. The van der Waals surface area contributed by atoms with Gasteiger partial charge in [0.1, 0.15) is 0 Å². The molecule has 2 rings (SSSR count). The van der Waals surface area contributed by atoms with E-state index in [9.17, 15) is 5.11 Å². The number of aromatic nitrogens is 1. The molecule has 1 aliphatic rings. The molecular formula is C11H16N2O. The van der Waals surface area contributed by atoms with E-state index < -0.39 is 5.60 Å². The fourth-order valence-corrected chi connectivity index (χ4v) is 1.86. The van der Waals surface area contributed by atoms with E-state index >= 15 is 0 Å². The molecule has 1 aliphatic carbocycles. The highest BCUT2D eigenvalue weighted by Gasteiger charge is 2.42. The van der Waals surface area contributed by atoms with Gasteiger partial charge in [-0.1, -0.05) is 0 Å². The maximum atomic E-state index is 10.3. The Morgan fingerprint density at radius 3 is 2.57 bits per heavy atom. The van der Waals surface area contributed by atoms with E-state index in [1.165, 1.54) is 0 Å². The summed E-state index contributed by atoms with van der Waals surface area (Å²) in [5.74, 6) is 0.403. The smallest absolute Gasteiger partial charge is 0.0837 e. The zero-order valence-corrected chi connectivity index (χ0v) is 8.19. The molecule has 0 saturated heterocycles. The number of nitrogens with two attached hydrogens (primary N) is 1. The zero-order chi connectivity index (χ0) is 10.0. The Morgan fingerprint density at radius 2 is 2.07 bits per heavy atom. The molecule has 1 heterocycles. The van der Waals surface area contributed by atoms with Crippen molar-refractivity contribution >= 4 is 0 Å². The van der Waals surface area contributed by atoms with E-state index in [1.54, 1.807) is 12.4 Å². The lowest BCUT2D eigenvalue weighted by Crippen LogP contribution is -2.42. The maximum absolute atomic E-state index is 10.3. The number of rotatable bonds is 4. The number of aliphatic hydroxyl groups is 1. The summed E-state index contributed by atoms with van der Waals surface area (Å²) in [7, 11) is 0. The highest BCUT2D eigenvalue weighted by Crippen LogP contribution is 2.40. The molecule has 3 N–H and O–H groups in total. The summed E-state index contributed by atoms with van der Waals surface area (Å²) in [6.45, 7) is 0.347. The van der Waals surface area contributed by atoms with Crippen LogP contribution in [-0.2, 0) is 6.42 Å². The van der Waals surface area contributed by atoms with Crippen molar-refractivity contribution in [2.75, 3.05) is 6.54 Å². The van der Waals surface area contributed by atoms with Gasteiger partial charge in [0.05, 0.1) is 5.60 Å². The summed E-state index contributed by atoms with van der Waals surface area (Å²) >= 11 is 0. The first-order valence-electron chi connectivity index (χ1n) is 5.06. The Kier molecular flexibility index (Phi) is 2.52. The fourth-order valence-electron chi connectivity index (χ4n) is 1.86. The molecule has 1 fully saturated rings. The molecule has 1 atom stereocenters. The standard InChI is InChI=1S/C11H16N2O/c12-8-11(14,10-1-2-10)7-9-3-5-13-6-4-9/h3-6,10,14H,1-2,7-8,12H2. The molecule has 3 nitrogen and oxygen atoms in total. The van der Waals surface area contributed by atoms with Crippen molar-refractivity contribution in [1.29, 1.82) is 0 Å². The number of hydrogen-bond acceptors (Lipinski definition) is 3. The predicted molar refractivity (Wildman–Crippen MR) is 54.7 cm³/mol. The molecule has 1 aromatic rings. The number of hydrogen-bond donors (Lipinski definition) is 2. The predicted octanol–water partition coefficient (Wildman–Crippen LogP) is 0.724. The van der Waals surface area contributed by atoms with Crippen molar-refractivity contribution in [2.24, 2.45) is 11.7 Å². The molecule has 76 valence electrons. The first-order valence-corrected chi connectivity index (χ1v) is 5.06. The molecule has 0 aliphatic heterocycles. The Hall–Kier alpha value is -0.930. The molecule has 1 aromatic heterocycles. The molecule has 0 radical (unpaired) electrons. The fraction of sp³-hybridized carbons (Fsp3) is 0.545. The second kappa shape index (κ2) is 3.67. The lowest BCUT2D eigenvalue weighted by Gasteiger charge is -2.26. The van der Waals surface area contributed by atoms with Crippen molar-refractivity contribution in [3.05, 3.63) is 30.1 Å². The third-order valence-corrected chi connectivity index (χ3v) is 2.95. The topological polar surface area (TPSA) is 59.1 Å². The highest BCUT2D eigenvalue weighted by molar-refractivity contribution is 5.15. The van der Waals surface area contributed by atoms with Gasteiger partial charge in [0, 0.05) is 25.4 Å². The van der Waals surface area contributed by atoms with Gasteiger partial charge in [0.25, 0.3) is 0 Å². The van der Waals surface area contributed by atoms with Crippen LogP contribution in [0.5, 0.6) is 0 Å². The Bertz CT molecular complexity index is 297. The van der Waals surface area contributed by atoms with Gasteiger partial charge < -0.3 is 10.8 Å². The second-order valence-electron chi connectivity index (χ2n) is 4.11. The van der Waals surface area contributed by atoms with Gasteiger partial charge in [-0.05, 0) is 36.5 Å². The van der Waals surface area contributed by atoms with Gasteiger partial charge in [-0.3, -0.25) is 4.98 Å². The van der Waals surface area contributed by atoms with Crippen LogP contribution >= 0.6 is 0 Å². The molecule has 0 bridgehead atoms. The third-order valence-electron chi connectivity index (χ3n) is 2.95. The second-order valence-corrected chi connectivity index (χ2v) is 4.11. The van der Waals surface area contributed by atoms with Gasteiger partial charge in [-0.2, -0.15) is 0 Å². The first kappa shape index (κ1) is 9.62. The molecule has 14 heavy (non-hydrogen) atoms. The van der Waals surface area contributed by atoms with Crippen molar-refractivity contribution in [3.63, 3.8) is 0 Å². The van der Waals surface area contributed by atoms with Crippen molar-refractivity contribution in [3.8, 4) is 0 Å². The van der Waals surface area contributed by atoms with Crippen LogP contribution < -0.4 is 5.73 Å². The van der Waals surface area contributed by atoms with Crippen molar-refractivity contribution < 1.29 is 5.11 Å². The maximum Gasteiger partial charge on any atom is 0.0837 e. The summed E-state index contributed by atoms with van der Waals surface area (Å²) in [5.41, 5.74) is 6.05. The van der Waals surface area contributed by atoms with Crippen LogP contribution in [-0.4, -0.2) is 22.2 Å². The summed E-state index contributed by atoms with van der Waals surface area (Å²) < 4.78 is 0. The van der Waals surface area contributed by atoms with E-state index in [2.05, 4.69) is 4.98 Å². The van der Waals surface area contributed by atoms with E-state index in [0.717, 1.165) is 18.4 Å². The van der Waals surface area contributed by atoms with Crippen molar-refractivity contribution in [1.82, 2.24) is 4.98 Å². The first-order chi connectivity index (χ1) is 6.74. The third kappa shape index (κ3) is 1.94. The van der Waals surface area contributed by atoms with Gasteiger partial charge >= 0.3 is 0 Å². The van der Waals surface area contributed by atoms with E-state index in [4.69, 9.17) is 5.73 Å². The molecule has 0 aromatic carbocycles. The van der Waals surface area contributed by atoms with E-state index in [1.807, 2.05) is 12.1 Å². The van der Waals surface area contributed by atoms with Crippen LogP contribution in [0.4, 0.5) is 0 Å². The van der Waals surface area contributed by atoms with E-state index in [-0.39, 0.29) is 0 Å². The normalized spacial score (nSPS) is 20.4. The SMILES string of the molecule is NCC(O)(Cc1ccncc1)C1CC1. The highest BCUT2D eigenvalue weighted by atomic mass is 16.3. The lowest BCUT2D eigenvalue weighted by atomic mass is 9.90.